The van der Waals surface area contributed by atoms with Crippen LogP contribution in [0.5, 0.6) is 0 Å². The lowest BCUT2D eigenvalue weighted by molar-refractivity contribution is -0.0704. The predicted octanol–water partition coefficient (Wildman–Crippen LogP) is 1.96. The average Bonchev–Trinajstić information content (AvgIpc) is 3.02. The van der Waals surface area contributed by atoms with Gasteiger partial charge in [0.1, 0.15) is 0 Å². The monoisotopic (exact) mass is 344 g/mol. The first-order chi connectivity index (χ1) is 12.0. The Morgan fingerprint density at radius 2 is 1.88 bits per heavy atom. The van der Waals surface area contributed by atoms with Gasteiger partial charge in [0.2, 0.25) is 0 Å². The minimum atomic E-state index is -0.0617. The fraction of sp³-hybridized carbons (Fsp3) is 0.550. The van der Waals surface area contributed by atoms with E-state index in [0.717, 1.165) is 26.1 Å². The first kappa shape index (κ1) is 18.1. The summed E-state index contributed by atoms with van der Waals surface area (Å²) in [6.45, 7) is 7.10. The molecule has 2 unspecified atom stereocenters. The molecule has 2 aliphatic rings. The van der Waals surface area contributed by atoms with Crippen LogP contribution in [0.25, 0.3) is 0 Å². The smallest absolute Gasteiger partial charge is 0.251 e. The van der Waals surface area contributed by atoms with Crippen LogP contribution in [0.2, 0.25) is 0 Å². The molecule has 1 fully saturated rings. The summed E-state index contributed by atoms with van der Waals surface area (Å²) in [6.07, 6.45) is 5.23. The first-order valence-corrected chi connectivity index (χ1v) is 9.10. The van der Waals surface area contributed by atoms with E-state index < -0.39 is 0 Å². The van der Waals surface area contributed by atoms with Crippen molar-refractivity contribution in [3.05, 3.63) is 47.5 Å². The van der Waals surface area contributed by atoms with Gasteiger partial charge in [-0.3, -0.25) is 9.69 Å². The minimum absolute atomic E-state index is 0.0145. The third-order valence-electron chi connectivity index (χ3n) is 4.84. The summed E-state index contributed by atoms with van der Waals surface area (Å²) in [4.78, 5) is 14.7. The van der Waals surface area contributed by atoms with Crippen molar-refractivity contribution in [1.29, 1.82) is 0 Å². The van der Waals surface area contributed by atoms with E-state index in [1.165, 1.54) is 5.56 Å². The predicted molar refractivity (Wildman–Crippen MR) is 97.3 cm³/mol. The van der Waals surface area contributed by atoms with E-state index in [9.17, 15) is 4.79 Å². The van der Waals surface area contributed by atoms with Crippen molar-refractivity contribution >= 4 is 5.91 Å². The van der Waals surface area contributed by atoms with Crippen LogP contribution in [0.4, 0.5) is 0 Å². The molecule has 1 saturated heterocycles. The molecule has 5 heteroatoms. The molecule has 1 aliphatic carbocycles. The fourth-order valence-electron chi connectivity index (χ4n) is 3.70. The second kappa shape index (κ2) is 8.13. The van der Waals surface area contributed by atoms with Gasteiger partial charge >= 0.3 is 0 Å². The first-order valence-electron chi connectivity index (χ1n) is 9.10. The Balaban J connectivity index is 1.53. The SMILES string of the molecule is CC1CN(Cc2ccc(C(=O)N[C@@H]3C=C[C@H](CO)C3)cc2)CC(C)O1. The maximum Gasteiger partial charge on any atom is 0.251 e. The summed E-state index contributed by atoms with van der Waals surface area (Å²) in [5.74, 6) is 0.0967. The van der Waals surface area contributed by atoms with Crippen LogP contribution in [0.15, 0.2) is 36.4 Å². The van der Waals surface area contributed by atoms with E-state index in [-0.39, 0.29) is 36.7 Å². The fourth-order valence-corrected chi connectivity index (χ4v) is 3.70. The van der Waals surface area contributed by atoms with Crippen LogP contribution in [0.1, 0.15) is 36.2 Å². The summed E-state index contributed by atoms with van der Waals surface area (Å²) in [6, 6.07) is 7.85. The number of aliphatic hydroxyl groups is 1. The number of benzene rings is 1. The van der Waals surface area contributed by atoms with Gasteiger partial charge in [0.05, 0.1) is 12.2 Å². The number of carbonyl (C=O) groups excluding carboxylic acids is 1. The van der Waals surface area contributed by atoms with E-state index in [4.69, 9.17) is 9.84 Å². The van der Waals surface area contributed by atoms with E-state index in [0.29, 0.717) is 5.56 Å². The van der Waals surface area contributed by atoms with E-state index in [1.54, 1.807) is 0 Å². The molecule has 0 bridgehead atoms. The molecule has 1 heterocycles. The zero-order valence-corrected chi connectivity index (χ0v) is 15.0. The number of morpholine rings is 1. The standard InChI is InChI=1S/C20H28N2O3/c1-14-10-22(11-15(2)25-14)12-16-3-6-18(7-4-16)20(24)21-19-8-5-17(9-19)13-23/h3-8,14-15,17,19,23H,9-13H2,1-2H3,(H,21,24)/t14?,15?,17-,19+/m0/s1. The van der Waals surface area contributed by atoms with Gasteiger partial charge in [0, 0.05) is 43.8 Å². The largest absolute Gasteiger partial charge is 0.396 e. The molecule has 136 valence electrons. The Hall–Kier alpha value is -1.69. The van der Waals surface area contributed by atoms with Crippen molar-refractivity contribution < 1.29 is 14.6 Å². The normalized spacial score (nSPS) is 29.7. The highest BCUT2D eigenvalue weighted by atomic mass is 16.5. The van der Waals surface area contributed by atoms with E-state index in [1.807, 2.05) is 36.4 Å². The second-order valence-corrected chi connectivity index (χ2v) is 7.29. The number of amides is 1. The number of nitrogens with one attached hydrogen (secondary N) is 1. The van der Waals surface area contributed by atoms with Gasteiger partial charge in [0.25, 0.3) is 5.91 Å². The molecule has 5 nitrogen and oxygen atoms in total. The van der Waals surface area contributed by atoms with Crippen LogP contribution in [-0.2, 0) is 11.3 Å². The molecule has 3 rings (SSSR count). The quantitative estimate of drug-likeness (QED) is 0.802. The van der Waals surface area contributed by atoms with Crippen molar-refractivity contribution in [2.75, 3.05) is 19.7 Å². The maximum atomic E-state index is 12.3. The topological polar surface area (TPSA) is 61.8 Å². The van der Waals surface area contributed by atoms with Crippen molar-refractivity contribution in [2.24, 2.45) is 5.92 Å². The summed E-state index contributed by atoms with van der Waals surface area (Å²) in [7, 11) is 0. The van der Waals surface area contributed by atoms with Gasteiger partial charge < -0.3 is 15.2 Å². The van der Waals surface area contributed by atoms with E-state index in [2.05, 4.69) is 24.1 Å². The Morgan fingerprint density at radius 3 is 2.48 bits per heavy atom. The second-order valence-electron chi connectivity index (χ2n) is 7.29. The van der Waals surface area contributed by atoms with Gasteiger partial charge in [-0.05, 0) is 38.0 Å². The molecule has 0 aromatic heterocycles. The molecular formula is C20H28N2O3. The third-order valence-corrected chi connectivity index (χ3v) is 4.84. The number of ether oxygens (including phenoxy) is 1. The number of hydrogen-bond donors (Lipinski definition) is 2. The highest BCUT2D eigenvalue weighted by Gasteiger charge is 2.22. The molecule has 2 N–H and O–H groups in total. The van der Waals surface area contributed by atoms with Crippen molar-refractivity contribution in [3.63, 3.8) is 0 Å². The summed E-state index contributed by atoms with van der Waals surface area (Å²) >= 11 is 0. The molecule has 4 atom stereocenters. The van der Waals surface area contributed by atoms with Crippen molar-refractivity contribution in [3.8, 4) is 0 Å². The zero-order valence-electron chi connectivity index (χ0n) is 15.0. The van der Waals surface area contributed by atoms with Crippen LogP contribution >= 0.6 is 0 Å². The maximum absolute atomic E-state index is 12.3. The molecule has 0 spiro atoms. The van der Waals surface area contributed by atoms with Gasteiger partial charge in [-0.1, -0.05) is 24.3 Å². The molecular weight excluding hydrogens is 316 g/mol. The van der Waals surface area contributed by atoms with Gasteiger partial charge in [-0.25, -0.2) is 0 Å². The Bertz CT molecular complexity index is 604. The summed E-state index contributed by atoms with van der Waals surface area (Å²) in [5, 5.41) is 12.2. The molecule has 1 aromatic carbocycles. The highest BCUT2D eigenvalue weighted by molar-refractivity contribution is 5.94. The Kier molecular flexibility index (Phi) is 5.89. The Labute approximate surface area is 149 Å². The van der Waals surface area contributed by atoms with Crippen LogP contribution < -0.4 is 5.32 Å². The third kappa shape index (κ3) is 4.91. The van der Waals surface area contributed by atoms with E-state index >= 15 is 0 Å². The lowest BCUT2D eigenvalue weighted by Crippen LogP contribution is -2.44. The average molecular weight is 344 g/mol. The lowest BCUT2D eigenvalue weighted by Gasteiger charge is -2.35. The van der Waals surface area contributed by atoms with Crippen molar-refractivity contribution in [2.45, 2.75) is 45.1 Å². The summed E-state index contributed by atoms with van der Waals surface area (Å²) in [5.41, 5.74) is 1.88. The zero-order chi connectivity index (χ0) is 17.8. The summed E-state index contributed by atoms with van der Waals surface area (Å²) < 4.78 is 5.77. The number of hydrogen-bond acceptors (Lipinski definition) is 4. The molecule has 1 amide bonds. The molecule has 1 aromatic rings. The number of nitrogens with zero attached hydrogens (tertiary/aromatic N) is 1. The number of aliphatic hydroxyl groups excluding tert-OH is 1. The van der Waals surface area contributed by atoms with Crippen LogP contribution in [-0.4, -0.2) is 53.9 Å². The minimum Gasteiger partial charge on any atom is -0.396 e. The van der Waals surface area contributed by atoms with Gasteiger partial charge in [0.15, 0.2) is 0 Å². The molecule has 25 heavy (non-hydrogen) atoms. The molecule has 0 saturated carbocycles. The number of carbonyl (C=O) groups is 1. The number of rotatable bonds is 5. The molecule has 0 radical (unpaired) electrons. The van der Waals surface area contributed by atoms with Crippen LogP contribution in [0.3, 0.4) is 0 Å². The highest BCUT2D eigenvalue weighted by Crippen LogP contribution is 2.18. The van der Waals surface area contributed by atoms with Gasteiger partial charge in [-0.2, -0.15) is 0 Å². The van der Waals surface area contributed by atoms with Gasteiger partial charge in [-0.15, -0.1) is 0 Å². The Morgan fingerprint density at radius 1 is 1.20 bits per heavy atom. The lowest BCUT2D eigenvalue weighted by atomic mass is 10.1. The molecule has 1 aliphatic heterocycles. The van der Waals surface area contributed by atoms with Crippen molar-refractivity contribution in [1.82, 2.24) is 10.2 Å². The van der Waals surface area contributed by atoms with Crippen LogP contribution in [0, 0.1) is 5.92 Å².